The normalized spacial score (nSPS) is 31.3. The molecule has 0 spiro atoms. The van der Waals surface area contributed by atoms with E-state index in [0.29, 0.717) is 24.3 Å². The van der Waals surface area contributed by atoms with E-state index < -0.39 is 54.0 Å². The van der Waals surface area contributed by atoms with Gasteiger partial charge in [-0.05, 0) is 36.8 Å². The van der Waals surface area contributed by atoms with E-state index in [1.807, 2.05) is 26.2 Å². The van der Waals surface area contributed by atoms with Crippen molar-refractivity contribution >= 4 is 57.0 Å². The van der Waals surface area contributed by atoms with Crippen LogP contribution in [0.25, 0.3) is 0 Å². The molecule has 1 fully saturated rings. The van der Waals surface area contributed by atoms with Crippen LogP contribution in [0.15, 0.2) is 12.2 Å². The van der Waals surface area contributed by atoms with Crippen molar-refractivity contribution in [3.63, 3.8) is 0 Å². The number of carbonyl (C=O) groups excluding carboxylic acids is 4. The fourth-order valence-electron chi connectivity index (χ4n) is 3.57. The number of aliphatic hydroxyl groups excluding tert-OH is 1. The number of carbonyl (C=O) groups is 4. The molecular formula is C22H35N3O6S3. The van der Waals surface area contributed by atoms with Gasteiger partial charge in [0.15, 0.2) is 0 Å². The van der Waals surface area contributed by atoms with Crippen LogP contribution in [0.4, 0.5) is 0 Å². The van der Waals surface area contributed by atoms with E-state index in [-0.39, 0.29) is 18.8 Å². The second-order valence-corrected chi connectivity index (χ2v) is 12.2. The van der Waals surface area contributed by atoms with Crippen LogP contribution in [0.3, 0.4) is 0 Å². The average Bonchev–Trinajstić information content (AvgIpc) is 2.77. The van der Waals surface area contributed by atoms with Gasteiger partial charge >= 0.3 is 5.97 Å². The Labute approximate surface area is 213 Å². The Kier molecular flexibility index (Phi) is 12.6. The smallest absolute Gasteiger partial charge is 0.309 e. The molecule has 34 heavy (non-hydrogen) atoms. The molecule has 5 atom stereocenters. The highest BCUT2D eigenvalue weighted by Gasteiger charge is 2.33. The molecule has 1 saturated heterocycles. The first-order valence-corrected chi connectivity index (χ1v) is 15.3. The third-order valence-corrected chi connectivity index (χ3v) is 8.51. The lowest BCUT2D eigenvalue weighted by Crippen LogP contribution is -2.58. The van der Waals surface area contributed by atoms with Gasteiger partial charge < -0.3 is 25.8 Å². The number of esters is 1. The van der Waals surface area contributed by atoms with Gasteiger partial charge in [0.1, 0.15) is 18.2 Å². The maximum Gasteiger partial charge on any atom is 0.309 e. The fraction of sp³-hybridized carbons (Fsp3) is 0.727. The number of ether oxygens (including phenoxy) is 1. The van der Waals surface area contributed by atoms with Crippen molar-refractivity contribution in [3.8, 4) is 0 Å². The second kappa shape index (κ2) is 14.9. The number of thioether (sulfide) groups is 1. The Hall–Kier alpha value is -1.37. The Balaban J connectivity index is 2.45. The molecule has 0 aromatic heterocycles. The van der Waals surface area contributed by atoms with Crippen LogP contribution >= 0.6 is 33.3 Å². The molecule has 2 aliphatic heterocycles. The summed E-state index contributed by atoms with van der Waals surface area (Å²) in [7, 11) is 3.04. The van der Waals surface area contributed by atoms with Crippen LogP contribution in [-0.2, 0) is 23.9 Å². The van der Waals surface area contributed by atoms with Gasteiger partial charge in [0.2, 0.25) is 17.7 Å². The molecule has 2 aliphatic rings. The summed E-state index contributed by atoms with van der Waals surface area (Å²) in [6, 6.07) is -2.40. The molecule has 3 amide bonds. The lowest BCUT2D eigenvalue weighted by Gasteiger charge is -2.29. The van der Waals surface area contributed by atoms with Crippen LogP contribution in [-0.4, -0.2) is 82.6 Å². The highest BCUT2D eigenvalue weighted by Crippen LogP contribution is 2.24. The molecule has 192 valence electrons. The van der Waals surface area contributed by atoms with Crippen molar-refractivity contribution in [2.24, 2.45) is 5.92 Å². The highest BCUT2D eigenvalue weighted by molar-refractivity contribution is 8.76. The third kappa shape index (κ3) is 9.71. The van der Waals surface area contributed by atoms with Crippen molar-refractivity contribution in [2.45, 2.75) is 69.9 Å². The number of hydrogen-bond acceptors (Lipinski definition) is 9. The second-order valence-electron chi connectivity index (χ2n) is 8.57. The number of aliphatic hydroxyl groups is 1. The number of fused-ring (bicyclic) bond motifs is 7. The quantitative estimate of drug-likeness (QED) is 0.239. The number of hydrogen-bond donors (Lipinski definition) is 4. The molecule has 0 aromatic rings. The molecule has 0 unspecified atom stereocenters. The molecule has 9 nitrogen and oxygen atoms in total. The van der Waals surface area contributed by atoms with E-state index in [2.05, 4.69) is 16.0 Å². The standard InChI is InChI=1S/C22H35N3O6S3/c1-13(2)20-17(26)11-19(28)31-14-6-4-5-8-33-34-12-16(22(30)25-20)24-21(29)15(7-9-32-3)23-18(27)10-14/h4,6,13-17,20,26H,5,7-12H2,1-3H3,(H,23,27)(H,24,29)(H,25,30)/b6-4+/t14-,15-,16-,17+,20-/m1/s1. The predicted octanol–water partition coefficient (Wildman–Crippen LogP) is 1.26. The van der Waals surface area contributed by atoms with Crippen LogP contribution < -0.4 is 16.0 Å². The van der Waals surface area contributed by atoms with E-state index in [9.17, 15) is 24.3 Å². The molecule has 0 radical (unpaired) electrons. The summed E-state index contributed by atoms with van der Waals surface area (Å²) in [6.07, 6.45) is 4.05. The monoisotopic (exact) mass is 533 g/mol. The topological polar surface area (TPSA) is 134 Å². The zero-order chi connectivity index (χ0) is 25.1. The van der Waals surface area contributed by atoms with Crippen LogP contribution in [0.5, 0.6) is 0 Å². The molecule has 2 heterocycles. The molecule has 0 aromatic carbocycles. The van der Waals surface area contributed by atoms with E-state index in [0.717, 1.165) is 5.75 Å². The van der Waals surface area contributed by atoms with Crippen molar-refractivity contribution in [1.29, 1.82) is 0 Å². The summed E-state index contributed by atoms with van der Waals surface area (Å²) in [5, 5.41) is 19.1. The maximum atomic E-state index is 13.2. The molecule has 0 saturated carbocycles. The molecule has 4 N–H and O–H groups in total. The number of nitrogens with one attached hydrogen (secondary N) is 3. The highest BCUT2D eigenvalue weighted by atomic mass is 33.1. The van der Waals surface area contributed by atoms with E-state index >= 15 is 0 Å². The zero-order valence-electron chi connectivity index (χ0n) is 19.8. The summed E-state index contributed by atoms with van der Waals surface area (Å²) < 4.78 is 5.50. The Morgan fingerprint density at radius 1 is 1.12 bits per heavy atom. The average molecular weight is 534 g/mol. The third-order valence-electron chi connectivity index (χ3n) is 5.42. The van der Waals surface area contributed by atoms with Crippen LogP contribution in [0.1, 0.15) is 39.5 Å². The van der Waals surface area contributed by atoms with Gasteiger partial charge in [0.25, 0.3) is 0 Å². The van der Waals surface area contributed by atoms with Gasteiger partial charge in [0, 0.05) is 11.5 Å². The molecule has 0 aliphatic carbocycles. The van der Waals surface area contributed by atoms with E-state index in [1.165, 1.54) is 10.8 Å². The summed E-state index contributed by atoms with van der Waals surface area (Å²) in [4.78, 5) is 51.6. The lowest BCUT2D eigenvalue weighted by atomic mass is 9.96. The van der Waals surface area contributed by atoms with Crippen molar-refractivity contribution in [2.75, 3.05) is 23.5 Å². The fourth-order valence-corrected chi connectivity index (χ4v) is 6.20. The summed E-state index contributed by atoms with van der Waals surface area (Å²) in [5.74, 6) is -0.440. The number of allylic oxidation sites excluding steroid dienone is 1. The maximum absolute atomic E-state index is 13.2. The lowest BCUT2D eigenvalue weighted by molar-refractivity contribution is -0.151. The van der Waals surface area contributed by atoms with Gasteiger partial charge in [-0.2, -0.15) is 11.8 Å². The van der Waals surface area contributed by atoms with Gasteiger partial charge in [-0.1, -0.05) is 41.5 Å². The number of rotatable bonds is 4. The minimum atomic E-state index is -1.18. The van der Waals surface area contributed by atoms with Crippen LogP contribution in [0.2, 0.25) is 0 Å². The summed E-state index contributed by atoms with van der Waals surface area (Å²) in [5.41, 5.74) is 0. The SMILES string of the molecule is CSCC[C@H]1NC(=O)C[C@H]2/C=C/CCSSC[C@@H](NC1=O)C(=O)N[C@H](C(C)C)[C@@H](O)CC(=O)O2. The Morgan fingerprint density at radius 2 is 1.88 bits per heavy atom. The largest absolute Gasteiger partial charge is 0.457 e. The minimum absolute atomic E-state index is 0.141. The van der Waals surface area contributed by atoms with Gasteiger partial charge in [-0.3, -0.25) is 19.2 Å². The summed E-state index contributed by atoms with van der Waals surface area (Å²) >= 11 is 1.55. The van der Waals surface area contributed by atoms with Gasteiger partial charge in [-0.15, -0.1) is 0 Å². The summed E-state index contributed by atoms with van der Waals surface area (Å²) in [6.45, 7) is 3.66. The first-order chi connectivity index (χ1) is 16.2. The van der Waals surface area contributed by atoms with E-state index in [1.54, 1.807) is 28.6 Å². The van der Waals surface area contributed by atoms with Gasteiger partial charge in [-0.25, -0.2) is 0 Å². The molecule has 12 heteroatoms. The predicted molar refractivity (Wildman–Crippen MR) is 137 cm³/mol. The minimum Gasteiger partial charge on any atom is -0.457 e. The Bertz CT molecular complexity index is 751. The van der Waals surface area contributed by atoms with Crippen LogP contribution in [0, 0.1) is 5.92 Å². The first kappa shape index (κ1) is 28.9. The van der Waals surface area contributed by atoms with Crippen molar-refractivity contribution in [3.05, 3.63) is 12.2 Å². The van der Waals surface area contributed by atoms with Crippen molar-refractivity contribution < 1.29 is 29.0 Å². The van der Waals surface area contributed by atoms with Gasteiger partial charge in [0.05, 0.1) is 25.0 Å². The zero-order valence-corrected chi connectivity index (χ0v) is 22.2. The molecular weight excluding hydrogens is 498 g/mol. The van der Waals surface area contributed by atoms with Crippen molar-refractivity contribution in [1.82, 2.24) is 16.0 Å². The van der Waals surface area contributed by atoms with E-state index in [4.69, 9.17) is 4.74 Å². The molecule has 2 bridgehead atoms. The number of amides is 3. The molecule has 2 rings (SSSR count). The first-order valence-electron chi connectivity index (χ1n) is 11.4. The Morgan fingerprint density at radius 3 is 2.59 bits per heavy atom.